The van der Waals surface area contributed by atoms with E-state index in [0.29, 0.717) is 53.8 Å². The lowest BCUT2D eigenvalue weighted by Crippen LogP contribution is -2.62. The number of halogens is 2. The van der Waals surface area contributed by atoms with Crippen molar-refractivity contribution in [3.63, 3.8) is 0 Å². The molecule has 6 rings (SSSR count). The van der Waals surface area contributed by atoms with Crippen molar-refractivity contribution in [1.82, 2.24) is 15.1 Å². The Labute approximate surface area is 309 Å². The van der Waals surface area contributed by atoms with E-state index in [1.807, 2.05) is 50.2 Å². The number of carboxylic acid groups (broad SMARTS) is 1. The van der Waals surface area contributed by atoms with E-state index in [-0.39, 0.29) is 55.6 Å². The molecule has 2 heterocycles. The molecule has 2 amide bonds. The summed E-state index contributed by atoms with van der Waals surface area (Å²) >= 11 is 6.35. The van der Waals surface area contributed by atoms with Gasteiger partial charge in [0.05, 0.1) is 16.5 Å². The number of aryl methyl sites for hydroxylation is 2. The highest BCUT2D eigenvalue weighted by Gasteiger charge is 2.43. The molecule has 3 aromatic rings. The van der Waals surface area contributed by atoms with E-state index < -0.39 is 17.4 Å². The van der Waals surface area contributed by atoms with E-state index in [0.717, 1.165) is 35.1 Å². The SMILES string of the molecule is Cc1cc(Cl)c(OCCOc2ccc(C3=C(C(=O)N(Cc4ccccc4F)C4CC4)[C@H]4CN(C(=O)CCC(C)(C)C(=O)O)C[C@@H](C3)N4)cc2)cc1C. The van der Waals surface area contributed by atoms with Crippen LogP contribution in [0.4, 0.5) is 4.39 Å². The zero-order valence-corrected chi connectivity index (χ0v) is 31.0. The van der Waals surface area contributed by atoms with E-state index in [4.69, 9.17) is 21.1 Å². The molecular formula is C41H47ClFN3O6. The second-order valence-electron chi connectivity index (χ2n) is 14.8. The first kappa shape index (κ1) is 37.4. The molecule has 9 nitrogen and oxygen atoms in total. The minimum absolute atomic E-state index is 0.00913. The zero-order valence-electron chi connectivity index (χ0n) is 30.2. The lowest BCUT2D eigenvalue weighted by atomic mass is 9.82. The van der Waals surface area contributed by atoms with E-state index in [1.165, 1.54) is 6.07 Å². The number of aliphatic carboxylic acids is 1. The van der Waals surface area contributed by atoms with Crippen molar-refractivity contribution in [2.45, 2.75) is 84.5 Å². The molecule has 2 atom stereocenters. The molecule has 2 bridgehead atoms. The Kier molecular flexibility index (Phi) is 11.3. The molecule has 3 aliphatic rings. The van der Waals surface area contributed by atoms with Gasteiger partial charge in [-0.3, -0.25) is 14.4 Å². The van der Waals surface area contributed by atoms with Gasteiger partial charge in [0.15, 0.2) is 0 Å². The molecule has 276 valence electrons. The van der Waals surface area contributed by atoms with Gasteiger partial charge in [0.1, 0.15) is 30.5 Å². The van der Waals surface area contributed by atoms with Crippen molar-refractivity contribution in [2.75, 3.05) is 26.3 Å². The highest BCUT2D eigenvalue weighted by molar-refractivity contribution is 6.32. The average Bonchev–Trinajstić information content (AvgIpc) is 3.96. The number of carbonyl (C=O) groups excluding carboxylic acids is 2. The molecule has 1 aliphatic carbocycles. The quantitative estimate of drug-likeness (QED) is 0.173. The van der Waals surface area contributed by atoms with Gasteiger partial charge in [-0.15, -0.1) is 0 Å². The molecule has 0 unspecified atom stereocenters. The van der Waals surface area contributed by atoms with Crippen LogP contribution in [-0.2, 0) is 20.9 Å². The Balaban J connectivity index is 1.23. The van der Waals surface area contributed by atoms with Gasteiger partial charge in [0.2, 0.25) is 5.91 Å². The molecule has 3 aromatic carbocycles. The van der Waals surface area contributed by atoms with Crippen molar-refractivity contribution in [3.05, 3.63) is 99.3 Å². The largest absolute Gasteiger partial charge is 0.490 e. The third-order valence-corrected chi connectivity index (χ3v) is 10.7. The summed E-state index contributed by atoms with van der Waals surface area (Å²) in [6.45, 7) is 8.74. The molecule has 2 aliphatic heterocycles. The predicted molar refractivity (Wildman–Crippen MR) is 198 cm³/mol. The molecule has 0 radical (unpaired) electrons. The second-order valence-corrected chi connectivity index (χ2v) is 15.3. The summed E-state index contributed by atoms with van der Waals surface area (Å²) in [5.41, 5.74) is 3.98. The summed E-state index contributed by atoms with van der Waals surface area (Å²) < 4.78 is 26.7. The normalized spacial score (nSPS) is 18.6. The van der Waals surface area contributed by atoms with Crippen molar-refractivity contribution < 1.29 is 33.4 Å². The molecule has 1 saturated heterocycles. The van der Waals surface area contributed by atoms with E-state index in [1.54, 1.807) is 41.8 Å². The Hall–Kier alpha value is -4.41. The van der Waals surface area contributed by atoms with Gasteiger partial charge in [0, 0.05) is 49.3 Å². The zero-order chi connectivity index (χ0) is 37.2. The Morgan fingerprint density at radius 2 is 1.69 bits per heavy atom. The highest BCUT2D eigenvalue weighted by Crippen LogP contribution is 2.38. The predicted octanol–water partition coefficient (Wildman–Crippen LogP) is 6.96. The van der Waals surface area contributed by atoms with Crippen LogP contribution in [0.25, 0.3) is 5.57 Å². The molecule has 2 N–H and O–H groups in total. The Morgan fingerprint density at radius 3 is 2.38 bits per heavy atom. The van der Waals surface area contributed by atoms with Crippen LogP contribution in [0.15, 0.2) is 66.2 Å². The van der Waals surface area contributed by atoms with Crippen LogP contribution in [-0.4, -0.2) is 77.1 Å². The minimum atomic E-state index is -1.03. The van der Waals surface area contributed by atoms with Crippen LogP contribution in [0.2, 0.25) is 5.02 Å². The number of carbonyl (C=O) groups is 3. The molecular weight excluding hydrogens is 685 g/mol. The summed E-state index contributed by atoms with van der Waals surface area (Å²) in [6.07, 6.45) is 2.51. The number of nitrogens with one attached hydrogen (secondary N) is 1. The summed E-state index contributed by atoms with van der Waals surface area (Å²) in [5.74, 6) is -0.323. The third kappa shape index (κ3) is 8.61. The third-order valence-electron chi connectivity index (χ3n) is 10.4. The van der Waals surface area contributed by atoms with Gasteiger partial charge < -0.3 is 29.7 Å². The smallest absolute Gasteiger partial charge is 0.309 e. The molecule has 52 heavy (non-hydrogen) atoms. The molecule has 1 saturated carbocycles. The number of hydrogen-bond acceptors (Lipinski definition) is 6. The molecule has 0 spiro atoms. The van der Waals surface area contributed by atoms with Crippen LogP contribution in [0.5, 0.6) is 11.5 Å². The fraction of sp³-hybridized carbons (Fsp3) is 0.439. The Morgan fingerprint density at radius 1 is 1.00 bits per heavy atom. The maximum atomic E-state index is 14.8. The second kappa shape index (κ2) is 15.7. The standard InChI is InChI=1S/C41H47ClFN3O6/c1-25-19-33(42)36(20-26(25)2)52-18-17-51-31-13-9-27(10-14-31)32-21-29-23-45(37(47)15-16-41(3,4)40(49)50)24-35(44-29)38(32)39(48)46(30-11-12-30)22-28-7-5-6-8-34(28)43/h5-10,13-14,19-20,29-30,35,44H,11-12,15-18,21-24H2,1-4H3,(H,49,50)/t29-,35-/m1/s1. The van der Waals surface area contributed by atoms with Crippen LogP contribution in [0.3, 0.4) is 0 Å². The number of carboxylic acids is 1. The maximum absolute atomic E-state index is 14.8. The van der Waals surface area contributed by atoms with Crippen LogP contribution >= 0.6 is 11.6 Å². The van der Waals surface area contributed by atoms with Crippen molar-refractivity contribution in [2.24, 2.45) is 5.41 Å². The minimum Gasteiger partial charge on any atom is -0.490 e. The summed E-state index contributed by atoms with van der Waals surface area (Å²) in [7, 11) is 0. The van der Waals surface area contributed by atoms with E-state index >= 15 is 0 Å². The highest BCUT2D eigenvalue weighted by atomic mass is 35.5. The number of fused-ring (bicyclic) bond motifs is 2. The number of benzene rings is 3. The number of hydrogen-bond donors (Lipinski definition) is 2. The van der Waals surface area contributed by atoms with Crippen molar-refractivity contribution in [1.29, 1.82) is 0 Å². The van der Waals surface area contributed by atoms with Gasteiger partial charge in [-0.2, -0.15) is 0 Å². The first-order valence-electron chi connectivity index (χ1n) is 18.0. The van der Waals surface area contributed by atoms with E-state index in [9.17, 15) is 23.9 Å². The van der Waals surface area contributed by atoms with Crippen molar-refractivity contribution in [3.8, 4) is 11.5 Å². The number of nitrogens with zero attached hydrogens (tertiary/aromatic N) is 2. The van der Waals surface area contributed by atoms with Crippen LogP contribution < -0.4 is 14.8 Å². The first-order valence-corrected chi connectivity index (χ1v) is 18.4. The topological polar surface area (TPSA) is 108 Å². The monoisotopic (exact) mass is 731 g/mol. The van der Waals surface area contributed by atoms with Crippen LogP contribution in [0, 0.1) is 25.1 Å². The lowest BCUT2D eigenvalue weighted by molar-refractivity contribution is -0.148. The van der Waals surface area contributed by atoms with Gasteiger partial charge in [-0.1, -0.05) is 41.9 Å². The number of rotatable bonds is 14. The Bertz CT molecular complexity index is 1860. The molecule has 2 fully saturated rings. The number of amides is 2. The average molecular weight is 732 g/mol. The van der Waals surface area contributed by atoms with Gasteiger partial charge >= 0.3 is 5.97 Å². The van der Waals surface area contributed by atoms with Gasteiger partial charge in [-0.05, 0) is 106 Å². The molecule has 0 aromatic heterocycles. The summed E-state index contributed by atoms with van der Waals surface area (Å²) in [5, 5.41) is 13.7. The summed E-state index contributed by atoms with van der Waals surface area (Å²) in [4.78, 5) is 43.4. The van der Waals surface area contributed by atoms with Gasteiger partial charge in [-0.25, -0.2) is 4.39 Å². The van der Waals surface area contributed by atoms with E-state index in [2.05, 4.69) is 5.32 Å². The summed E-state index contributed by atoms with van der Waals surface area (Å²) in [6, 6.07) is 17.5. The maximum Gasteiger partial charge on any atom is 0.309 e. The lowest BCUT2D eigenvalue weighted by Gasteiger charge is -2.45. The fourth-order valence-corrected chi connectivity index (χ4v) is 7.17. The van der Waals surface area contributed by atoms with Crippen molar-refractivity contribution >= 4 is 35.0 Å². The number of piperazine rings is 1. The van der Waals surface area contributed by atoms with Gasteiger partial charge in [0.25, 0.3) is 5.91 Å². The first-order chi connectivity index (χ1) is 24.8. The molecule has 11 heteroatoms. The van der Waals surface area contributed by atoms with Crippen LogP contribution in [0.1, 0.15) is 68.2 Å². The number of ether oxygens (including phenoxy) is 2. The fourth-order valence-electron chi connectivity index (χ4n) is 6.90.